The van der Waals surface area contributed by atoms with Crippen LogP contribution in [-0.2, 0) is 9.84 Å². The van der Waals surface area contributed by atoms with Crippen molar-refractivity contribution in [1.82, 2.24) is 10.2 Å². The second kappa shape index (κ2) is 4.86. The maximum atomic E-state index is 11.6. The Morgan fingerprint density at radius 2 is 2.06 bits per heavy atom. The molecule has 0 aromatic rings. The van der Waals surface area contributed by atoms with Crippen molar-refractivity contribution in [3.8, 4) is 0 Å². The van der Waals surface area contributed by atoms with Gasteiger partial charge in [-0.3, -0.25) is 4.90 Å². The van der Waals surface area contributed by atoms with Gasteiger partial charge in [0.15, 0.2) is 9.84 Å². The summed E-state index contributed by atoms with van der Waals surface area (Å²) in [7, 11) is -2.77. The van der Waals surface area contributed by atoms with Gasteiger partial charge in [0.25, 0.3) is 0 Å². The number of rotatable bonds is 1. The first-order valence-corrected chi connectivity index (χ1v) is 8.41. The molecule has 0 bridgehead atoms. The van der Waals surface area contributed by atoms with E-state index in [4.69, 9.17) is 0 Å². The lowest BCUT2D eigenvalue weighted by Crippen LogP contribution is -2.53. The highest BCUT2D eigenvalue weighted by Crippen LogP contribution is 2.28. The smallest absolute Gasteiger partial charge is 0.151 e. The molecule has 0 aromatic heterocycles. The molecular weight excluding hydrogens is 236 g/mol. The van der Waals surface area contributed by atoms with Gasteiger partial charge in [0, 0.05) is 18.1 Å². The molecule has 2 aliphatic rings. The van der Waals surface area contributed by atoms with Gasteiger partial charge in [-0.2, -0.15) is 0 Å². The average Bonchev–Trinajstić information content (AvgIpc) is 2.54. The summed E-state index contributed by atoms with van der Waals surface area (Å²) in [4.78, 5) is 2.44. The lowest BCUT2D eigenvalue weighted by Gasteiger charge is -2.44. The van der Waals surface area contributed by atoms with E-state index in [2.05, 4.69) is 24.1 Å². The highest BCUT2D eigenvalue weighted by atomic mass is 32.2. The Kier molecular flexibility index (Phi) is 3.80. The van der Waals surface area contributed by atoms with E-state index in [1.54, 1.807) is 0 Å². The molecule has 100 valence electrons. The standard InChI is InChI=1S/C12H24N2O2S/c1-12(2)5-7-13-6-3-8-14(12)11-4-9-17(15,16)10-11/h11,13H,3-10H2,1-2H3. The topological polar surface area (TPSA) is 49.4 Å². The summed E-state index contributed by atoms with van der Waals surface area (Å²) in [6.07, 6.45) is 3.02. The molecule has 2 rings (SSSR count). The van der Waals surface area contributed by atoms with Crippen LogP contribution in [0.15, 0.2) is 0 Å². The quantitative estimate of drug-likeness (QED) is 0.751. The van der Waals surface area contributed by atoms with Crippen LogP contribution in [-0.4, -0.2) is 56.0 Å². The number of sulfone groups is 1. The van der Waals surface area contributed by atoms with Gasteiger partial charge in [0.2, 0.25) is 0 Å². The van der Waals surface area contributed by atoms with Gasteiger partial charge >= 0.3 is 0 Å². The third kappa shape index (κ3) is 3.20. The number of nitrogens with zero attached hydrogens (tertiary/aromatic N) is 1. The summed E-state index contributed by atoms with van der Waals surface area (Å²) in [6, 6.07) is 0.244. The molecule has 0 radical (unpaired) electrons. The molecular formula is C12H24N2O2S. The van der Waals surface area contributed by atoms with Crippen LogP contribution in [0.25, 0.3) is 0 Å². The van der Waals surface area contributed by atoms with Crippen LogP contribution in [0, 0.1) is 0 Å². The number of hydrogen-bond donors (Lipinski definition) is 1. The minimum absolute atomic E-state index is 0.109. The lowest BCUT2D eigenvalue weighted by molar-refractivity contribution is 0.0638. The molecule has 1 unspecified atom stereocenters. The van der Waals surface area contributed by atoms with Gasteiger partial charge in [-0.15, -0.1) is 0 Å². The van der Waals surface area contributed by atoms with Crippen LogP contribution >= 0.6 is 0 Å². The molecule has 2 aliphatic heterocycles. The van der Waals surface area contributed by atoms with Gasteiger partial charge in [-0.1, -0.05) is 0 Å². The van der Waals surface area contributed by atoms with Gasteiger partial charge in [-0.05, 0) is 46.2 Å². The molecule has 2 fully saturated rings. The molecule has 0 aromatic carbocycles. The van der Waals surface area contributed by atoms with E-state index in [1.165, 1.54) is 0 Å². The molecule has 1 atom stereocenters. The fourth-order valence-corrected chi connectivity index (χ4v) is 4.77. The van der Waals surface area contributed by atoms with E-state index in [-0.39, 0.29) is 11.6 Å². The van der Waals surface area contributed by atoms with Crippen LogP contribution in [0.5, 0.6) is 0 Å². The Bertz CT molecular complexity index is 365. The van der Waals surface area contributed by atoms with Crippen molar-refractivity contribution in [2.24, 2.45) is 0 Å². The maximum absolute atomic E-state index is 11.6. The normalized spacial score (nSPS) is 34.1. The van der Waals surface area contributed by atoms with E-state index in [0.717, 1.165) is 38.9 Å². The third-order valence-electron chi connectivity index (χ3n) is 4.09. The highest BCUT2D eigenvalue weighted by molar-refractivity contribution is 7.91. The monoisotopic (exact) mass is 260 g/mol. The van der Waals surface area contributed by atoms with E-state index in [9.17, 15) is 8.42 Å². The molecule has 0 saturated carbocycles. The lowest BCUT2D eigenvalue weighted by atomic mass is 9.94. The van der Waals surface area contributed by atoms with Gasteiger partial charge < -0.3 is 5.32 Å². The van der Waals surface area contributed by atoms with Gasteiger partial charge in [0.05, 0.1) is 11.5 Å². The Labute approximate surface area is 105 Å². The molecule has 5 heteroatoms. The SMILES string of the molecule is CC1(C)CCNCCCN1C1CCS(=O)(=O)C1. The molecule has 17 heavy (non-hydrogen) atoms. The van der Waals surface area contributed by atoms with E-state index >= 15 is 0 Å². The maximum Gasteiger partial charge on any atom is 0.151 e. The Balaban J connectivity index is 2.10. The van der Waals surface area contributed by atoms with E-state index in [0.29, 0.717) is 11.5 Å². The van der Waals surface area contributed by atoms with Crippen LogP contribution in [0.3, 0.4) is 0 Å². The van der Waals surface area contributed by atoms with Crippen molar-refractivity contribution in [3.05, 3.63) is 0 Å². The fraction of sp³-hybridized carbons (Fsp3) is 1.00. The first kappa shape index (κ1) is 13.3. The first-order chi connectivity index (χ1) is 7.91. The van der Waals surface area contributed by atoms with Crippen molar-refractivity contribution in [3.63, 3.8) is 0 Å². The van der Waals surface area contributed by atoms with E-state index in [1.807, 2.05) is 0 Å². The Hall–Kier alpha value is -0.130. The van der Waals surface area contributed by atoms with Crippen LogP contribution < -0.4 is 5.32 Å². The summed E-state index contributed by atoms with van der Waals surface area (Å²) in [5.74, 6) is 0.742. The third-order valence-corrected chi connectivity index (χ3v) is 5.84. The minimum Gasteiger partial charge on any atom is -0.317 e. The van der Waals surface area contributed by atoms with Crippen molar-refractivity contribution in [2.45, 2.75) is 44.7 Å². The predicted molar refractivity (Wildman–Crippen MR) is 69.9 cm³/mol. The van der Waals surface area contributed by atoms with Crippen molar-refractivity contribution >= 4 is 9.84 Å². The minimum atomic E-state index is -2.77. The molecule has 0 spiro atoms. The van der Waals surface area contributed by atoms with Crippen LogP contribution in [0.4, 0.5) is 0 Å². The molecule has 0 amide bonds. The highest BCUT2D eigenvalue weighted by Gasteiger charge is 2.38. The summed E-state index contributed by atoms with van der Waals surface area (Å²) in [6.45, 7) is 7.57. The van der Waals surface area contributed by atoms with E-state index < -0.39 is 9.84 Å². The van der Waals surface area contributed by atoms with Crippen molar-refractivity contribution < 1.29 is 8.42 Å². The molecule has 2 saturated heterocycles. The molecule has 1 N–H and O–H groups in total. The molecule has 2 heterocycles. The zero-order valence-corrected chi connectivity index (χ0v) is 11.7. The fourth-order valence-electron chi connectivity index (χ4n) is 3.04. The zero-order valence-electron chi connectivity index (χ0n) is 10.9. The van der Waals surface area contributed by atoms with Crippen molar-refractivity contribution in [1.29, 1.82) is 0 Å². The second-order valence-corrected chi connectivity index (χ2v) is 8.14. The summed E-state index contributed by atoms with van der Waals surface area (Å²) < 4.78 is 23.2. The second-order valence-electron chi connectivity index (χ2n) is 5.92. The summed E-state index contributed by atoms with van der Waals surface area (Å²) in [5, 5.41) is 3.43. The largest absolute Gasteiger partial charge is 0.317 e. The summed E-state index contributed by atoms with van der Waals surface area (Å²) >= 11 is 0. The van der Waals surface area contributed by atoms with Crippen LogP contribution in [0.2, 0.25) is 0 Å². The Morgan fingerprint density at radius 3 is 2.71 bits per heavy atom. The van der Waals surface area contributed by atoms with Crippen LogP contribution in [0.1, 0.15) is 33.1 Å². The number of nitrogens with one attached hydrogen (secondary N) is 1. The predicted octanol–water partition coefficient (Wildman–Crippen LogP) is 0.638. The average molecular weight is 260 g/mol. The summed E-state index contributed by atoms with van der Waals surface area (Å²) in [5.41, 5.74) is 0.109. The zero-order chi connectivity index (χ0) is 12.5. The van der Waals surface area contributed by atoms with Crippen molar-refractivity contribution in [2.75, 3.05) is 31.1 Å². The Morgan fingerprint density at radius 1 is 1.29 bits per heavy atom. The number of hydrogen-bond acceptors (Lipinski definition) is 4. The first-order valence-electron chi connectivity index (χ1n) is 6.59. The molecule has 4 nitrogen and oxygen atoms in total. The molecule has 0 aliphatic carbocycles. The van der Waals surface area contributed by atoms with Gasteiger partial charge in [-0.25, -0.2) is 8.42 Å². The van der Waals surface area contributed by atoms with Gasteiger partial charge in [0.1, 0.15) is 0 Å².